The Kier molecular flexibility index (Phi) is 4.74. The second-order valence-corrected chi connectivity index (χ2v) is 14.4. The molecule has 6 heteroatoms. The van der Waals surface area contributed by atoms with Crippen LogP contribution in [0.1, 0.15) is 67.9 Å². The number of likely N-dealkylation sites (tertiary alicyclic amines) is 1. The third-order valence-electron chi connectivity index (χ3n) is 11.9. The van der Waals surface area contributed by atoms with Crippen molar-refractivity contribution in [2.75, 3.05) is 20.2 Å². The molecule has 5 aliphatic carbocycles. The van der Waals surface area contributed by atoms with Gasteiger partial charge in [0.2, 0.25) is 0 Å². The number of phenolic OH excluding ortho intramolecular Hbond substituents is 1. The molecule has 7 aliphatic rings. The summed E-state index contributed by atoms with van der Waals surface area (Å²) in [4.78, 5) is 4.16. The van der Waals surface area contributed by atoms with E-state index >= 15 is 0 Å². The summed E-state index contributed by atoms with van der Waals surface area (Å²) >= 11 is 1.77. The topological polar surface area (TPSA) is 62.2 Å². The van der Waals surface area contributed by atoms with Crippen molar-refractivity contribution >= 4 is 11.3 Å². The summed E-state index contributed by atoms with van der Waals surface area (Å²) in [7, 11) is 1.84. The third kappa shape index (κ3) is 2.81. The predicted octanol–water partition coefficient (Wildman–Crippen LogP) is 5.06. The quantitative estimate of drug-likeness (QED) is 0.533. The molecule has 4 bridgehead atoms. The molecule has 2 spiro atoms. The monoisotopic (exact) mass is 521 g/mol. The van der Waals surface area contributed by atoms with Crippen LogP contribution in [0.4, 0.5) is 0 Å². The summed E-state index contributed by atoms with van der Waals surface area (Å²) in [5.74, 6) is 1.82. The second kappa shape index (κ2) is 7.53. The van der Waals surface area contributed by atoms with Gasteiger partial charge in [-0.25, -0.2) is 0 Å². The Balaban J connectivity index is 1.28. The Bertz CT molecular complexity index is 1240. The molecule has 0 amide bonds. The van der Waals surface area contributed by atoms with Crippen molar-refractivity contribution in [3.63, 3.8) is 0 Å². The number of methoxy groups -OCH3 is 1. The van der Waals surface area contributed by atoms with E-state index in [9.17, 15) is 10.2 Å². The number of benzene rings is 1. The van der Waals surface area contributed by atoms with Crippen molar-refractivity contribution in [2.24, 2.45) is 17.3 Å². The zero-order chi connectivity index (χ0) is 25.2. The lowest BCUT2D eigenvalue weighted by molar-refractivity contribution is -0.302. The van der Waals surface area contributed by atoms with Gasteiger partial charge in [0.1, 0.15) is 11.7 Å². The molecule has 37 heavy (non-hydrogen) atoms. The molecule has 7 atom stereocenters. The molecule has 0 radical (unpaired) electrons. The van der Waals surface area contributed by atoms with E-state index in [0.717, 1.165) is 57.4 Å². The van der Waals surface area contributed by atoms with E-state index in [1.807, 2.05) is 13.2 Å². The molecular formula is C31H39NO4S. The number of aliphatic hydroxyl groups is 1. The van der Waals surface area contributed by atoms with Crippen LogP contribution in [0.25, 0.3) is 0 Å². The lowest BCUT2D eigenvalue weighted by atomic mass is 9.33. The van der Waals surface area contributed by atoms with Crippen molar-refractivity contribution in [3.05, 3.63) is 45.6 Å². The average molecular weight is 522 g/mol. The average Bonchev–Trinajstić information content (AvgIpc) is 3.40. The zero-order valence-electron chi connectivity index (χ0n) is 22.0. The van der Waals surface area contributed by atoms with E-state index in [-0.39, 0.29) is 28.6 Å². The fourth-order valence-corrected chi connectivity index (χ4v) is 10.8. The molecule has 5 nitrogen and oxygen atoms in total. The largest absolute Gasteiger partial charge is 0.504 e. The molecule has 3 heterocycles. The van der Waals surface area contributed by atoms with E-state index in [0.29, 0.717) is 11.8 Å². The molecule has 4 saturated carbocycles. The lowest BCUT2D eigenvalue weighted by Gasteiger charge is -2.75. The second-order valence-electron chi connectivity index (χ2n) is 13.3. The summed E-state index contributed by atoms with van der Waals surface area (Å²) in [6.45, 7) is 4.36. The standard InChI is InChI=1S/C31H39NO4S/c1-28(34,10-9-21-4-3-15-37-21)23-17-29-11-12-31(23,35-2)27-30(29)13-14-32(18-19-5-6-19)24(29)16-20-7-8-22(33)26(36-27)25(20)30/h3-4,7-8,15,19,23-24,27,33-34H,5-6,9-14,16-18H2,1-2H3/t23?,24-,27?,28-,29-,30+,31+/m1/s1. The number of thiophene rings is 1. The van der Waals surface area contributed by atoms with Crippen LogP contribution in [0.5, 0.6) is 11.5 Å². The fourth-order valence-electron chi connectivity index (χ4n) is 10.1. The van der Waals surface area contributed by atoms with Crippen molar-refractivity contribution in [2.45, 2.75) is 93.5 Å². The normalized spacial score (nSPS) is 40.8. The molecule has 5 fully saturated rings. The van der Waals surface area contributed by atoms with Crippen molar-refractivity contribution in [3.8, 4) is 11.5 Å². The van der Waals surface area contributed by atoms with Crippen molar-refractivity contribution in [1.29, 1.82) is 0 Å². The first-order chi connectivity index (χ1) is 17.8. The molecule has 198 valence electrons. The number of piperidine rings is 1. The van der Waals surface area contributed by atoms with Gasteiger partial charge in [0.25, 0.3) is 0 Å². The number of hydrogen-bond acceptors (Lipinski definition) is 6. The maximum Gasteiger partial charge on any atom is 0.165 e. The maximum atomic E-state index is 12.3. The smallest absolute Gasteiger partial charge is 0.165 e. The molecule has 2 N–H and O–H groups in total. The van der Waals surface area contributed by atoms with Crippen LogP contribution in [-0.4, -0.2) is 58.7 Å². The number of rotatable bonds is 7. The van der Waals surface area contributed by atoms with Gasteiger partial charge < -0.3 is 19.7 Å². The minimum atomic E-state index is -0.870. The Hall–Kier alpha value is -1.60. The Morgan fingerprint density at radius 3 is 2.84 bits per heavy atom. The van der Waals surface area contributed by atoms with Gasteiger partial charge in [0.05, 0.1) is 5.60 Å². The van der Waals surface area contributed by atoms with E-state index in [2.05, 4.69) is 35.4 Å². The molecule has 9 rings (SSSR count). The lowest BCUT2D eigenvalue weighted by Crippen LogP contribution is -2.82. The molecule has 1 saturated heterocycles. The molecule has 1 aromatic heterocycles. The van der Waals surface area contributed by atoms with Gasteiger partial charge in [0.15, 0.2) is 11.5 Å². The highest BCUT2D eigenvalue weighted by molar-refractivity contribution is 7.09. The Labute approximate surface area is 223 Å². The van der Waals surface area contributed by atoms with Crippen LogP contribution >= 0.6 is 11.3 Å². The van der Waals surface area contributed by atoms with Crippen LogP contribution in [0.3, 0.4) is 0 Å². The number of aromatic hydroxyl groups is 1. The highest BCUT2D eigenvalue weighted by atomic mass is 32.1. The maximum absolute atomic E-state index is 12.3. The van der Waals surface area contributed by atoms with Crippen molar-refractivity contribution < 1.29 is 19.7 Å². The van der Waals surface area contributed by atoms with Crippen LogP contribution in [0, 0.1) is 17.3 Å². The number of aryl methyl sites for hydroxylation is 1. The van der Waals surface area contributed by atoms with E-state index in [1.165, 1.54) is 35.4 Å². The van der Waals surface area contributed by atoms with Gasteiger partial charge in [-0.3, -0.25) is 4.90 Å². The molecule has 2 aliphatic heterocycles. The fraction of sp³-hybridized carbons (Fsp3) is 0.677. The van der Waals surface area contributed by atoms with E-state index in [4.69, 9.17) is 9.47 Å². The van der Waals surface area contributed by atoms with Crippen LogP contribution in [-0.2, 0) is 23.0 Å². The van der Waals surface area contributed by atoms with Crippen LogP contribution in [0.2, 0.25) is 0 Å². The minimum absolute atomic E-state index is 0.0155. The highest BCUT2D eigenvalue weighted by Crippen LogP contribution is 2.77. The van der Waals surface area contributed by atoms with Gasteiger partial charge in [0, 0.05) is 46.9 Å². The number of fused-ring (bicyclic) bond motifs is 2. The number of hydrogen-bond donors (Lipinski definition) is 2. The Morgan fingerprint density at radius 1 is 1.22 bits per heavy atom. The SMILES string of the molecule is CO[C@@]12CC[C@@]3(CC1[C@](C)(O)CCc1cccs1)[C@H]1Cc4ccc(O)c5c4[C@@]3(CCN1CC1CC1)C2O5. The summed E-state index contributed by atoms with van der Waals surface area (Å²) in [6.07, 6.45) is 9.25. The summed E-state index contributed by atoms with van der Waals surface area (Å²) in [5, 5.41) is 25.4. The first-order valence-corrected chi connectivity index (χ1v) is 15.3. The van der Waals surface area contributed by atoms with Gasteiger partial charge in [-0.1, -0.05) is 12.1 Å². The molecule has 1 aromatic carbocycles. The van der Waals surface area contributed by atoms with E-state index in [1.54, 1.807) is 11.3 Å². The van der Waals surface area contributed by atoms with Gasteiger partial charge in [-0.2, -0.15) is 0 Å². The van der Waals surface area contributed by atoms with Crippen LogP contribution < -0.4 is 4.74 Å². The van der Waals surface area contributed by atoms with Gasteiger partial charge in [-0.15, -0.1) is 11.3 Å². The zero-order valence-corrected chi connectivity index (χ0v) is 22.9. The number of ether oxygens (including phenoxy) is 2. The molecular weight excluding hydrogens is 482 g/mol. The minimum Gasteiger partial charge on any atom is -0.504 e. The third-order valence-corrected chi connectivity index (χ3v) is 12.8. The van der Waals surface area contributed by atoms with Crippen LogP contribution in [0.15, 0.2) is 29.6 Å². The van der Waals surface area contributed by atoms with Gasteiger partial charge in [-0.05, 0) is 100 Å². The summed E-state index contributed by atoms with van der Waals surface area (Å²) in [5.41, 5.74) is 1.11. The molecule has 2 unspecified atom stereocenters. The Morgan fingerprint density at radius 2 is 2.08 bits per heavy atom. The van der Waals surface area contributed by atoms with Gasteiger partial charge >= 0.3 is 0 Å². The van der Waals surface area contributed by atoms with E-state index < -0.39 is 11.2 Å². The molecule has 2 aromatic rings. The summed E-state index contributed by atoms with van der Waals surface area (Å²) in [6, 6.07) is 8.75. The predicted molar refractivity (Wildman–Crippen MR) is 143 cm³/mol. The first-order valence-electron chi connectivity index (χ1n) is 14.4. The summed E-state index contributed by atoms with van der Waals surface area (Å²) < 4.78 is 13.5. The number of nitrogens with zero attached hydrogens (tertiary/aromatic N) is 1. The first kappa shape index (κ1) is 23.3. The number of phenols is 1. The van der Waals surface area contributed by atoms with Crippen molar-refractivity contribution in [1.82, 2.24) is 4.90 Å². The highest BCUT2D eigenvalue weighted by Gasteiger charge is 2.81.